The molecular weight excluding hydrogens is 368 g/mol. The van der Waals surface area contributed by atoms with E-state index >= 15 is 0 Å². The number of carbonyl (C=O) groups excluding carboxylic acids is 1. The van der Waals surface area contributed by atoms with Crippen LogP contribution in [0, 0.1) is 18.6 Å². The molecule has 3 heterocycles. The molecule has 1 atom stereocenters. The molecule has 0 fully saturated rings. The smallest absolute Gasteiger partial charge is 0.322 e. The van der Waals surface area contributed by atoms with Crippen molar-refractivity contribution in [1.82, 2.24) is 20.0 Å². The van der Waals surface area contributed by atoms with Gasteiger partial charge in [0.05, 0.1) is 18.4 Å². The number of urea groups is 1. The largest absolute Gasteiger partial charge is 0.354 e. The maximum absolute atomic E-state index is 13.6. The van der Waals surface area contributed by atoms with Crippen LogP contribution in [0.4, 0.5) is 19.3 Å². The molecule has 0 bridgehead atoms. The van der Waals surface area contributed by atoms with Crippen molar-refractivity contribution in [2.75, 3.05) is 5.32 Å². The summed E-state index contributed by atoms with van der Waals surface area (Å²) in [7, 11) is 0. The lowest BCUT2D eigenvalue weighted by Crippen LogP contribution is -2.44. The molecule has 0 radical (unpaired) electrons. The van der Waals surface area contributed by atoms with Gasteiger partial charge in [-0.05, 0) is 25.5 Å². The van der Waals surface area contributed by atoms with Crippen molar-refractivity contribution >= 4 is 11.7 Å². The standard InChI is InChI=1S/C19H17F2N5O2/c1-10-5-12(7-14(20)17(10)21)24-19(27)26-9-13-15(6-11(26)2)25-28-18(13)16-8-22-3-4-23-16/h3-5,7-8,11H,6,9H2,1-2H3,(H,24,27). The summed E-state index contributed by atoms with van der Waals surface area (Å²) in [4.78, 5) is 22.6. The van der Waals surface area contributed by atoms with E-state index in [4.69, 9.17) is 4.52 Å². The van der Waals surface area contributed by atoms with Crippen LogP contribution in [0.25, 0.3) is 11.5 Å². The molecule has 1 unspecified atom stereocenters. The van der Waals surface area contributed by atoms with Gasteiger partial charge < -0.3 is 14.7 Å². The Morgan fingerprint density at radius 2 is 2.14 bits per heavy atom. The molecule has 28 heavy (non-hydrogen) atoms. The Balaban J connectivity index is 1.59. The number of fused-ring (bicyclic) bond motifs is 1. The molecule has 0 spiro atoms. The number of carbonyl (C=O) groups is 1. The van der Waals surface area contributed by atoms with Gasteiger partial charge in [-0.1, -0.05) is 5.16 Å². The fourth-order valence-electron chi connectivity index (χ4n) is 3.27. The maximum atomic E-state index is 13.6. The zero-order valence-electron chi connectivity index (χ0n) is 15.2. The second-order valence-electron chi connectivity index (χ2n) is 6.73. The molecule has 2 amide bonds. The first kappa shape index (κ1) is 18.0. The zero-order valence-corrected chi connectivity index (χ0v) is 15.2. The number of aryl methyl sites for hydroxylation is 1. The summed E-state index contributed by atoms with van der Waals surface area (Å²) < 4.78 is 32.5. The SMILES string of the molecule is Cc1cc(NC(=O)N2Cc3c(noc3-c3cnccn3)CC2C)cc(F)c1F. The lowest BCUT2D eigenvalue weighted by molar-refractivity contribution is 0.182. The van der Waals surface area contributed by atoms with Crippen molar-refractivity contribution < 1.29 is 18.1 Å². The summed E-state index contributed by atoms with van der Waals surface area (Å²) in [6, 6.07) is 1.78. The fourth-order valence-corrected chi connectivity index (χ4v) is 3.27. The molecule has 3 aromatic rings. The lowest BCUT2D eigenvalue weighted by Gasteiger charge is -2.32. The minimum absolute atomic E-state index is 0.119. The number of aromatic nitrogens is 3. The summed E-state index contributed by atoms with van der Waals surface area (Å²) in [5, 5.41) is 6.74. The van der Waals surface area contributed by atoms with Crippen molar-refractivity contribution in [3.63, 3.8) is 0 Å². The number of nitrogens with one attached hydrogen (secondary N) is 1. The van der Waals surface area contributed by atoms with Crippen LogP contribution in [0.2, 0.25) is 0 Å². The number of anilines is 1. The number of nitrogens with zero attached hydrogens (tertiary/aromatic N) is 4. The molecule has 1 aliphatic rings. The van der Waals surface area contributed by atoms with Crippen molar-refractivity contribution in [2.45, 2.75) is 32.9 Å². The summed E-state index contributed by atoms with van der Waals surface area (Å²) in [5.41, 5.74) is 2.37. The summed E-state index contributed by atoms with van der Waals surface area (Å²) >= 11 is 0. The molecule has 2 aromatic heterocycles. The Bertz CT molecular complexity index is 1020. The second-order valence-corrected chi connectivity index (χ2v) is 6.73. The normalized spacial score (nSPS) is 16.0. The van der Waals surface area contributed by atoms with Gasteiger partial charge >= 0.3 is 6.03 Å². The molecule has 1 aromatic carbocycles. The Labute approximate surface area is 159 Å². The summed E-state index contributed by atoms with van der Waals surface area (Å²) in [5.74, 6) is -1.46. The highest BCUT2D eigenvalue weighted by Crippen LogP contribution is 2.31. The maximum Gasteiger partial charge on any atom is 0.322 e. The first-order valence-electron chi connectivity index (χ1n) is 8.71. The monoisotopic (exact) mass is 385 g/mol. The van der Waals surface area contributed by atoms with Crippen molar-refractivity contribution in [2.24, 2.45) is 0 Å². The molecule has 7 nitrogen and oxygen atoms in total. The van der Waals surface area contributed by atoms with E-state index in [9.17, 15) is 13.6 Å². The molecule has 0 saturated heterocycles. The van der Waals surface area contributed by atoms with Gasteiger partial charge in [-0.3, -0.25) is 4.98 Å². The van der Waals surface area contributed by atoms with Crippen LogP contribution in [0.5, 0.6) is 0 Å². The van der Waals surface area contributed by atoms with E-state index in [0.717, 1.165) is 17.3 Å². The summed E-state index contributed by atoms with van der Waals surface area (Å²) in [6.07, 6.45) is 5.17. The third-order valence-electron chi connectivity index (χ3n) is 4.74. The Kier molecular flexibility index (Phi) is 4.50. The number of benzene rings is 1. The molecule has 144 valence electrons. The molecule has 4 rings (SSSR count). The Morgan fingerprint density at radius 1 is 1.32 bits per heavy atom. The molecule has 1 aliphatic heterocycles. The molecule has 1 N–H and O–H groups in total. The average molecular weight is 385 g/mol. The predicted molar refractivity (Wildman–Crippen MR) is 96.4 cm³/mol. The molecule has 0 saturated carbocycles. The van der Waals surface area contributed by atoms with E-state index in [0.29, 0.717) is 17.9 Å². The number of halogens is 2. The summed E-state index contributed by atoms with van der Waals surface area (Å²) in [6.45, 7) is 3.57. The lowest BCUT2D eigenvalue weighted by atomic mass is 9.99. The van der Waals surface area contributed by atoms with Gasteiger partial charge in [0.1, 0.15) is 5.69 Å². The van der Waals surface area contributed by atoms with Gasteiger partial charge in [0, 0.05) is 42.2 Å². The molecular formula is C19H17F2N5O2. The predicted octanol–water partition coefficient (Wildman–Crippen LogP) is 3.70. The second kappa shape index (κ2) is 6.99. The molecule has 0 aliphatic carbocycles. The minimum atomic E-state index is -1.01. The minimum Gasteiger partial charge on any atom is -0.354 e. The van der Waals surface area contributed by atoms with Crippen molar-refractivity contribution in [1.29, 1.82) is 0 Å². The van der Waals surface area contributed by atoms with Crippen molar-refractivity contribution in [3.8, 4) is 11.5 Å². The van der Waals surface area contributed by atoms with Crippen LogP contribution in [0.3, 0.4) is 0 Å². The van der Waals surface area contributed by atoms with E-state index < -0.39 is 17.7 Å². The van der Waals surface area contributed by atoms with Crippen LogP contribution in [0.1, 0.15) is 23.7 Å². The number of hydrogen-bond donors (Lipinski definition) is 1. The van der Waals surface area contributed by atoms with Crippen LogP contribution >= 0.6 is 0 Å². The topological polar surface area (TPSA) is 84.2 Å². The van der Waals surface area contributed by atoms with Crippen LogP contribution in [-0.2, 0) is 13.0 Å². The number of rotatable bonds is 2. The van der Waals surface area contributed by atoms with Crippen LogP contribution < -0.4 is 5.32 Å². The third kappa shape index (κ3) is 3.19. The van der Waals surface area contributed by atoms with E-state index in [1.165, 1.54) is 13.0 Å². The highest BCUT2D eigenvalue weighted by atomic mass is 19.2. The highest BCUT2D eigenvalue weighted by Gasteiger charge is 2.32. The van der Waals surface area contributed by atoms with Gasteiger partial charge in [-0.2, -0.15) is 0 Å². The van der Waals surface area contributed by atoms with Crippen LogP contribution in [0.15, 0.2) is 35.2 Å². The fraction of sp³-hybridized carbons (Fsp3) is 0.263. The first-order chi connectivity index (χ1) is 13.4. The van der Waals surface area contributed by atoms with E-state index in [1.54, 1.807) is 23.5 Å². The van der Waals surface area contributed by atoms with Crippen LogP contribution in [-0.4, -0.2) is 32.1 Å². The van der Waals surface area contributed by atoms with E-state index in [2.05, 4.69) is 20.4 Å². The van der Waals surface area contributed by atoms with E-state index in [-0.39, 0.29) is 23.8 Å². The number of hydrogen-bond acceptors (Lipinski definition) is 5. The average Bonchev–Trinajstić information content (AvgIpc) is 3.08. The molecule has 9 heteroatoms. The van der Waals surface area contributed by atoms with Gasteiger partial charge in [0.15, 0.2) is 17.4 Å². The van der Waals surface area contributed by atoms with Gasteiger partial charge in [0.2, 0.25) is 0 Å². The zero-order chi connectivity index (χ0) is 19.8. The van der Waals surface area contributed by atoms with Crippen molar-refractivity contribution in [3.05, 3.63) is 59.2 Å². The van der Waals surface area contributed by atoms with Gasteiger partial charge in [0.25, 0.3) is 0 Å². The first-order valence-corrected chi connectivity index (χ1v) is 8.71. The third-order valence-corrected chi connectivity index (χ3v) is 4.74. The highest BCUT2D eigenvalue weighted by molar-refractivity contribution is 5.90. The quantitative estimate of drug-likeness (QED) is 0.727. The Hall–Kier alpha value is -3.36. The van der Waals surface area contributed by atoms with Gasteiger partial charge in [-0.25, -0.2) is 18.6 Å². The van der Waals surface area contributed by atoms with Gasteiger partial charge in [-0.15, -0.1) is 0 Å². The van der Waals surface area contributed by atoms with E-state index in [1.807, 2.05) is 6.92 Å². The number of amides is 2. The Morgan fingerprint density at radius 3 is 2.86 bits per heavy atom.